The fourth-order valence-corrected chi connectivity index (χ4v) is 1.72. The number of aliphatic carboxylic acids is 1. The summed E-state index contributed by atoms with van der Waals surface area (Å²) in [5.41, 5.74) is 6.12. The van der Waals surface area contributed by atoms with Crippen LogP contribution < -0.4 is 5.73 Å². The molecule has 0 saturated carbocycles. The van der Waals surface area contributed by atoms with Crippen molar-refractivity contribution in [2.24, 2.45) is 5.73 Å². The summed E-state index contributed by atoms with van der Waals surface area (Å²) in [6, 6.07) is 5.42. The fraction of sp³-hybridized carbons (Fsp3) is 0.588. The molecule has 1 rings (SSSR count). The first kappa shape index (κ1) is 22.3. The summed E-state index contributed by atoms with van der Waals surface area (Å²) in [5.74, 6) is -0.860. The third kappa shape index (κ3) is 10.9. The van der Waals surface area contributed by atoms with Crippen LogP contribution in [0.3, 0.4) is 0 Å². The monoisotopic (exact) mass is 347 g/mol. The molecule has 0 amide bonds. The summed E-state index contributed by atoms with van der Waals surface area (Å²) in [5, 5.41) is 17.5. The minimum Gasteiger partial charge on any atom is -0.508 e. The third-order valence-electron chi connectivity index (χ3n) is 3.04. The first-order valence-electron chi connectivity index (χ1n) is 8.00. The van der Waals surface area contributed by atoms with Crippen molar-refractivity contribution in [2.75, 3.05) is 0 Å². The maximum absolute atomic E-state index is 12.5. The van der Waals surface area contributed by atoms with Crippen LogP contribution in [0.1, 0.15) is 45.1 Å². The molecular weight excluding hydrogens is 320 g/mol. The lowest BCUT2D eigenvalue weighted by atomic mass is 10.1. The molecule has 24 heavy (non-hydrogen) atoms. The van der Waals surface area contributed by atoms with Crippen molar-refractivity contribution in [2.45, 2.75) is 64.7 Å². The van der Waals surface area contributed by atoms with E-state index < -0.39 is 24.7 Å². The summed E-state index contributed by atoms with van der Waals surface area (Å²) >= 11 is 0. The molecule has 0 fully saturated rings. The number of alkyl halides is 2. The summed E-state index contributed by atoms with van der Waals surface area (Å²) in [6.07, 6.45) is -0.660. The molecule has 0 aliphatic heterocycles. The number of nitrogens with two attached hydrogens (primary N) is 1. The number of aromatic hydroxyl groups is 1. The third-order valence-corrected chi connectivity index (χ3v) is 3.04. The lowest BCUT2D eigenvalue weighted by Gasteiger charge is -2.11. The molecule has 0 heterocycles. The molecule has 1 aromatic carbocycles. The van der Waals surface area contributed by atoms with Gasteiger partial charge in [0.2, 0.25) is 12.7 Å². The molecule has 7 heteroatoms. The number of phenols is 1. The van der Waals surface area contributed by atoms with Gasteiger partial charge in [0.25, 0.3) is 0 Å². The molecule has 138 valence electrons. The Kier molecular flexibility index (Phi) is 11.8. The van der Waals surface area contributed by atoms with Gasteiger partial charge in [-0.05, 0) is 24.1 Å². The average molecular weight is 347 g/mol. The molecule has 0 saturated heterocycles. The lowest BCUT2D eigenvalue weighted by Crippen LogP contribution is -2.32. The van der Waals surface area contributed by atoms with E-state index in [0.29, 0.717) is 12.8 Å². The van der Waals surface area contributed by atoms with Gasteiger partial charge in [0.15, 0.2) is 0 Å². The highest BCUT2D eigenvalue weighted by Gasteiger charge is 2.12. The van der Waals surface area contributed by atoms with Gasteiger partial charge in [-0.1, -0.05) is 38.8 Å². The lowest BCUT2D eigenvalue weighted by molar-refractivity contribution is -0.144. The van der Waals surface area contributed by atoms with Crippen LogP contribution in [0.2, 0.25) is 0 Å². The Morgan fingerprint density at radius 2 is 1.58 bits per heavy atom. The molecule has 3 atom stereocenters. The molecule has 0 aliphatic rings. The maximum atomic E-state index is 12.5. The quantitative estimate of drug-likeness (QED) is 0.635. The molecule has 0 radical (unpaired) electrons. The summed E-state index contributed by atoms with van der Waals surface area (Å²) in [6.45, 7) is 3.67. The number of hydrogen-bond donors (Lipinski definition) is 3. The van der Waals surface area contributed by atoms with Crippen molar-refractivity contribution in [3.8, 4) is 5.75 Å². The minimum absolute atomic E-state index is 0.160. The highest BCUT2D eigenvalue weighted by Crippen LogP contribution is 2.12. The van der Waals surface area contributed by atoms with Crippen molar-refractivity contribution in [3.05, 3.63) is 29.8 Å². The minimum atomic E-state index is -1.43. The second-order valence-electron chi connectivity index (χ2n) is 5.35. The first-order chi connectivity index (χ1) is 11.3. The zero-order valence-corrected chi connectivity index (χ0v) is 14.1. The van der Waals surface area contributed by atoms with E-state index in [-0.39, 0.29) is 25.0 Å². The molecule has 0 aromatic heterocycles. The highest BCUT2D eigenvalue weighted by atomic mass is 19.2. The van der Waals surface area contributed by atoms with E-state index in [1.54, 1.807) is 12.1 Å². The van der Waals surface area contributed by atoms with Gasteiger partial charge in [-0.25, -0.2) is 8.78 Å². The molecule has 0 spiro atoms. The summed E-state index contributed by atoms with van der Waals surface area (Å²) in [7, 11) is 0. The van der Waals surface area contributed by atoms with E-state index in [0.717, 1.165) is 5.56 Å². The van der Waals surface area contributed by atoms with Gasteiger partial charge in [-0.15, -0.1) is 0 Å². The van der Waals surface area contributed by atoms with E-state index in [2.05, 4.69) is 4.74 Å². The number of halogens is 2. The molecule has 5 nitrogen and oxygen atoms in total. The normalized spacial score (nSPS) is 14.2. The van der Waals surface area contributed by atoms with Gasteiger partial charge in [0, 0.05) is 12.8 Å². The Bertz CT molecular complexity index is 446. The summed E-state index contributed by atoms with van der Waals surface area (Å²) < 4.78 is 29.4. The predicted molar refractivity (Wildman–Crippen MR) is 88.1 cm³/mol. The second kappa shape index (κ2) is 12.7. The van der Waals surface area contributed by atoms with Crippen molar-refractivity contribution >= 4 is 5.97 Å². The number of carboxylic acid groups (broad SMARTS) is 1. The van der Waals surface area contributed by atoms with Gasteiger partial charge in [0.1, 0.15) is 11.8 Å². The largest absolute Gasteiger partial charge is 0.508 e. The van der Waals surface area contributed by atoms with Gasteiger partial charge in [0.05, 0.1) is 0 Å². The SMILES string of the molecule is CCCC(F)OC(F)CCC.NC(Cc1ccc(O)cc1)C(=O)O. The highest BCUT2D eigenvalue weighted by molar-refractivity contribution is 5.73. The van der Waals surface area contributed by atoms with Crippen molar-refractivity contribution in [3.63, 3.8) is 0 Å². The summed E-state index contributed by atoms with van der Waals surface area (Å²) in [4.78, 5) is 10.4. The number of rotatable bonds is 9. The van der Waals surface area contributed by atoms with Crippen LogP contribution >= 0.6 is 0 Å². The number of ether oxygens (including phenoxy) is 1. The molecular formula is C17H27F2NO4. The van der Waals surface area contributed by atoms with Crippen LogP contribution in [0.5, 0.6) is 5.75 Å². The fourth-order valence-electron chi connectivity index (χ4n) is 1.72. The number of benzene rings is 1. The smallest absolute Gasteiger partial charge is 0.320 e. The van der Waals surface area contributed by atoms with Gasteiger partial charge in [-0.3, -0.25) is 4.79 Å². The van der Waals surface area contributed by atoms with Crippen LogP contribution in [-0.2, 0) is 16.0 Å². The number of hydrogen-bond acceptors (Lipinski definition) is 4. The van der Waals surface area contributed by atoms with Crippen molar-refractivity contribution in [1.82, 2.24) is 0 Å². The number of carboxylic acids is 1. The predicted octanol–water partition coefficient (Wildman–Crippen LogP) is 3.54. The van der Waals surface area contributed by atoms with Crippen molar-refractivity contribution < 1.29 is 28.5 Å². The molecule has 3 unspecified atom stereocenters. The molecule has 0 aliphatic carbocycles. The molecule has 4 N–H and O–H groups in total. The molecule has 0 bridgehead atoms. The van der Waals surface area contributed by atoms with E-state index in [1.807, 2.05) is 13.8 Å². The van der Waals surface area contributed by atoms with Crippen molar-refractivity contribution in [1.29, 1.82) is 0 Å². The van der Waals surface area contributed by atoms with Crippen LogP contribution in [-0.4, -0.2) is 34.9 Å². The van der Waals surface area contributed by atoms with E-state index in [1.165, 1.54) is 12.1 Å². The number of carbonyl (C=O) groups is 1. The standard InChI is InChI=1S/C9H11NO3.C8H16F2O/c10-8(9(12)13)5-6-1-3-7(11)4-2-6;1-3-5-7(9)11-8(10)6-4-2/h1-4,8,11H,5,10H2,(H,12,13);7-8H,3-6H2,1-2H3. The Hall–Kier alpha value is -1.73. The van der Waals surface area contributed by atoms with Crippen LogP contribution in [0.25, 0.3) is 0 Å². The van der Waals surface area contributed by atoms with Crippen LogP contribution in [0.4, 0.5) is 8.78 Å². The van der Waals surface area contributed by atoms with Crippen LogP contribution in [0.15, 0.2) is 24.3 Å². The zero-order valence-electron chi connectivity index (χ0n) is 14.1. The van der Waals surface area contributed by atoms with E-state index in [4.69, 9.17) is 15.9 Å². The van der Waals surface area contributed by atoms with E-state index in [9.17, 15) is 13.6 Å². The molecule has 1 aromatic rings. The van der Waals surface area contributed by atoms with Gasteiger partial charge < -0.3 is 20.7 Å². The Balaban J connectivity index is 0.000000449. The Morgan fingerprint density at radius 3 is 1.96 bits per heavy atom. The number of phenolic OH excluding ortho intramolecular Hbond substituents is 1. The first-order valence-corrected chi connectivity index (χ1v) is 8.00. The van der Waals surface area contributed by atoms with Gasteiger partial charge >= 0.3 is 5.97 Å². The van der Waals surface area contributed by atoms with Crippen LogP contribution in [0, 0.1) is 0 Å². The second-order valence-corrected chi connectivity index (χ2v) is 5.35. The topological polar surface area (TPSA) is 92.8 Å². The maximum Gasteiger partial charge on any atom is 0.320 e. The average Bonchev–Trinajstić information content (AvgIpc) is 2.50. The Morgan fingerprint density at radius 1 is 1.12 bits per heavy atom. The van der Waals surface area contributed by atoms with E-state index >= 15 is 0 Å². The van der Waals surface area contributed by atoms with Gasteiger partial charge in [-0.2, -0.15) is 0 Å². The Labute approximate surface area is 141 Å². The zero-order chi connectivity index (χ0) is 18.5.